The first-order valence-electron chi connectivity index (χ1n) is 9.04. The van der Waals surface area contributed by atoms with E-state index in [4.69, 9.17) is 19.4 Å². The van der Waals surface area contributed by atoms with E-state index in [0.29, 0.717) is 19.3 Å². The predicted molar refractivity (Wildman–Crippen MR) is 92.4 cm³/mol. The normalized spacial score (nSPS) is 18.5. The number of aromatic nitrogens is 3. The van der Waals surface area contributed by atoms with Gasteiger partial charge in [0.1, 0.15) is 5.69 Å². The third-order valence-corrected chi connectivity index (χ3v) is 4.51. The lowest BCUT2D eigenvalue weighted by Crippen LogP contribution is -2.39. The molecule has 11 heteroatoms. The number of fused-ring (bicyclic) bond motifs is 1. The van der Waals surface area contributed by atoms with Crippen LogP contribution < -0.4 is 0 Å². The van der Waals surface area contributed by atoms with Crippen LogP contribution in [-0.2, 0) is 34.0 Å². The number of alkyl halides is 3. The second-order valence-corrected chi connectivity index (χ2v) is 6.48. The fourth-order valence-electron chi connectivity index (χ4n) is 3.13. The number of aliphatic carboxylic acids is 1. The summed E-state index contributed by atoms with van der Waals surface area (Å²) in [7, 11) is 0. The van der Waals surface area contributed by atoms with E-state index in [1.54, 1.807) is 6.08 Å². The Morgan fingerprint density at radius 2 is 2.04 bits per heavy atom. The van der Waals surface area contributed by atoms with Crippen LogP contribution in [0.15, 0.2) is 12.7 Å². The van der Waals surface area contributed by atoms with Gasteiger partial charge in [0.25, 0.3) is 0 Å². The molecule has 3 heterocycles. The number of ether oxygens (including phenoxy) is 2. The molecule has 0 bridgehead atoms. The predicted octanol–water partition coefficient (Wildman–Crippen LogP) is 2.00. The first-order valence-corrected chi connectivity index (χ1v) is 9.04. The number of nitrogens with zero attached hydrogens (tertiary/aromatic N) is 4. The molecule has 158 valence electrons. The monoisotopic (exact) mass is 406 g/mol. The van der Waals surface area contributed by atoms with Crippen LogP contribution in [-0.4, -0.2) is 69.6 Å². The summed E-state index contributed by atoms with van der Waals surface area (Å²) in [5.74, 6) is -2.76. The van der Waals surface area contributed by atoms with E-state index in [-0.39, 0.29) is 0 Å². The number of carbonyl (C=O) groups is 1. The van der Waals surface area contributed by atoms with Crippen LogP contribution in [0.5, 0.6) is 0 Å². The maximum atomic E-state index is 10.6. The van der Waals surface area contributed by atoms with Gasteiger partial charge in [0.05, 0.1) is 18.9 Å². The first kappa shape index (κ1) is 22.3. The van der Waals surface area contributed by atoms with Gasteiger partial charge < -0.3 is 14.6 Å². The second kappa shape index (κ2) is 10.5. The number of carboxylic acid groups (broad SMARTS) is 1. The van der Waals surface area contributed by atoms with Crippen molar-refractivity contribution in [2.24, 2.45) is 0 Å². The van der Waals surface area contributed by atoms with Crippen LogP contribution in [0.1, 0.15) is 30.7 Å². The number of rotatable bonds is 5. The molecule has 0 aromatic carbocycles. The third-order valence-electron chi connectivity index (χ3n) is 4.51. The molecule has 0 saturated carbocycles. The molecule has 3 rings (SSSR count). The molecule has 8 nitrogen and oxygen atoms in total. The van der Waals surface area contributed by atoms with Crippen molar-refractivity contribution in [2.75, 3.05) is 26.4 Å². The maximum absolute atomic E-state index is 10.6. The largest absolute Gasteiger partial charge is 0.490 e. The van der Waals surface area contributed by atoms with Crippen LogP contribution in [0.4, 0.5) is 13.2 Å². The van der Waals surface area contributed by atoms with Crippen molar-refractivity contribution in [2.45, 2.75) is 51.2 Å². The average molecular weight is 406 g/mol. The van der Waals surface area contributed by atoms with Crippen LogP contribution in [0.2, 0.25) is 0 Å². The Morgan fingerprint density at radius 3 is 2.64 bits per heavy atom. The minimum Gasteiger partial charge on any atom is -0.475 e. The first-order chi connectivity index (χ1) is 13.3. The summed E-state index contributed by atoms with van der Waals surface area (Å²) < 4.78 is 44.8. The van der Waals surface area contributed by atoms with Crippen molar-refractivity contribution in [1.82, 2.24) is 19.9 Å². The van der Waals surface area contributed by atoms with Crippen molar-refractivity contribution < 1.29 is 32.5 Å². The Labute approximate surface area is 160 Å². The lowest BCUT2D eigenvalue weighted by atomic mass is 10.1. The van der Waals surface area contributed by atoms with Crippen LogP contribution in [0.3, 0.4) is 0 Å². The summed E-state index contributed by atoms with van der Waals surface area (Å²) in [6.45, 7) is 9.50. The van der Waals surface area contributed by atoms with Gasteiger partial charge in [0.2, 0.25) is 0 Å². The highest BCUT2D eigenvalue weighted by atomic mass is 19.4. The minimum absolute atomic E-state index is 0.517. The van der Waals surface area contributed by atoms with E-state index in [1.807, 2.05) is 4.68 Å². The van der Waals surface area contributed by atoms with Gasteiger partial charge in [-0.1, -0.05) is 11.3 Å². The SMILES string of the molecule is C=CCOCc1nnn2c1CN(C1CCOCC1)CCC2.O=C(O)C(F)(F)F. The summed E-state index contributed by atoms with van der Waals surface area (Å²) in [5, 5.41) is 15.7. The summed E-state index contributed by atoms with van der Waals surface area (Å²) in [5.41, 5.74) is 2.18. The summed E-state index contributed by atoms with van der Waals surface area (Å²) in [4.78, 5) is 11.5. The molecule has 1 aromatic rings. The number of aryl methyl sites for hydroxylation is 1. The number of halogens is 3. The van der Waals surface area contributed by atoms with Crippen molar-refractivity contribution >= 4 is 5.97 Å². The quantitative estimate of drug-likeness (QED) is 0.591. The zero-order valence-electron chi connectivity index (χ0n) is 15.5. The molecule has 0 atom stereocenters. The topological polar surface area (TPSA) is 89.7 Å². The Kier molecular flexibility index (Phi) is 8.39. The van der Waals surface area contributed by atoms with Crippen molar-refractivity contribution in [1.29, 1.82) is 0 Å². The van der Waals surface area contributed by atoms with Crippen LogP contribution in [0.25, 0.3) is 0 Å². The highest BCUT2D eigenvalue weighted by Crippen LogP contribution is 2.22. The second-order valence-electron chi connectivity index (χ2n) is 6.48. The molecule has 1 aromatic heterocycles. The molecule has 1 saturated heterocycles. The van der Waals surface area contributed by atoms with E-state index in [1.165, 1.54) is 5.69 Å². The van der Waals surface area contributed by atoms with Gasteiger partial charge in [-0.05, 0) is 19.3 Å². The molecule has 1 fully saturated rings. The van der Waals surface area contributed by atoms with Crippen molar-refractivity contribution in [3.8, 4) is 0 Å². The van der Waals surface area contributed by atoms with Gasteiger partial charge in [-0.15, -0.1) is 11.7 Å². The van der Waals surface area contributed by atoms with E-state index >= 15 is 0 Å². The Morgan fingerprint density at radius 1 is 1.36 bits per heavy atom. The molecule has 0 radical (unpaired) electrons. The van der Waals surface area contributed by atoms with Crippen LogP contribution in [0, 0.1) is 0 Å². The maximum Gasteiger partial charge on any atom is 0.490 e. The molecule has 0 aliphatic carbocycles. The van der Waals surface area contributed by atoms with Gasteiger partial charge in [-0.3, -0.25) is 4.90 Å². The average Bonchev–Trinajstić information content (AvgIpc) is 2.90. The Balaban J connectivity index is 0.000000345. The van der Waals surface area contributed by atoms with Gasteiger partial charge in [0, 0.05) is 38.9 Å². The molecular formula is C17H25F3N4O4. The Bertz CT molecular complexity index is 645. The van der Waals surface area contributed by atoms with E-state index < -0.39 is 12.1 Å². The highest BCUT2D eigenvalue weighted by Gasteiger charge is 2.38. The molecule has 0 amide bonds. The van der Waals surface area contributed by atoms with E-state index in [9.17, 15) is 13.2 Å². The lowest BCUT2D eigenvalue weighted by molar-refractivity contribution is -0.192. The Hall–Kier alpha value is -1.98. The van der Waals surface area contributed by atoms with Gasteiger partial charge in [-0.2, -0.15) is 13.2 Å². The van der Waals surface area contributed by atoms with Gasteiger partial charge >= 0.3 is 12.1 Å². The van der Waals surface area contributed by atoms with E-state index in [0.717, 1.165) is 57.8 Å². The number of hydrogen-bond acceptors (Lipinski definition) is 6. The minimum atomic E-state index is -5.08. The van der Waals surface area contributed by atoms with Gasteiger partial charge in [0.15, 0.2) is 0 Å². The lowest BCUT2D eigenvalue weighted by Gasteiger charge is -2.33. The molecule has 0 spiro atoms. The summed E-state index contributed by atoms with van der Waals surface area (Å²) >= 11 is 0. The fraction of sp³-hybridized carbons (Fsp3) is 0.706. The summed E-state index contributed by atoms with van der Waals surface area (Å²) in [6, 6.07) is 0.627. The zero-order valence-corrected chi connectivity index (χ0v) is 15.5. The number of carboxylic acids is 1. The van der Waals surface area contributed by atoms with E-state index in [2.05, 4.69) is 21.8 Å². The van der Waals surface area contributed by atoms with Gasteiger partial charge in [-0.25, -0.2) is 9.48 Å². The third kappa shape index (κ3) is 6.57. The molecule has 2 aliphatic rings. The highest BCUT2D eigenvalue weighted by molar-refractivity contribution is 5.73. The molecule has 2 aliphatic heterocycles. The molecular weight excluding hydrogens is 381 g/mol. The summed E-state index contributed by atoms with van der Waals surface area (Å²) in [6.07, 6.45) is 0.0604. The van der Waals surface area contributed by atoms with Crippen molar-refractivity contribution in [3.05, 3.63) is 24.0 Å². The zero-order chi connectivity index (χ0) is 20.6. The molecule has 0 unspecified atom stereocenters. The number of hydrogen-bond donors (Lipinski definition) is 1. The molecule has 28 heavy (non-hydrogen) atoms. The van der Waals surface area contributed by atoms with Crippen molar-refractivity contribution in [3.63, 3.8) is 0 Å². The molecule has 1 N–H and O–H groups in total. The van der Waals surface area contributed by atoms with Crippen LogP contribution >= 0.6 is 0 Å². The standard InChI is InChI=1S/C15H24N4O2.C2HF3O2/c1-2-8-21-12-14-15-11-18(13-4-9-20-10-5-13)6-3-7-19(15)17-16-14;3-2(4,5)1(6)7/h2,13H,1,3-12H2;(H,6,7). The smallest absolute Gasteiger partial charge is 0.475 e. The fourth-order valence-corrected chi connectivity index (χ4v) is 3.13.